The Morgan fingerprint density at radius 2 is 1.83 bits per heavy atom. The molecule has 0 aliphatic heterocycles. The summed E-state index contributed by atoms with van der Waals surface area (Å²) in [6, 6.07) is 11.8. The number of hydrogen-bond acceptors (Lipinski definition) is 5. The number of rotatable bonds is 5. The summed E-state index contributed by atoms with van der Waals surface area (Å²) in [5, 5.41) is 5.17. The molecule has 0 unspecified atom stereocenters. The van der Waals surface area contributed by atoms with Gasteiger partial charge in [0, 0.05) is 23.6 Å². The second-order valence-corrected chi connectivity index (χ2v) is 4.91. The molecule has 0 fully saturated rings. The van der Waals surface area contributed by atoms with Gasteiger partial charge in [0.2, 0.25) is 0 Å². The van der Waals surface area contributed by atoms with Gasteiger partial charge in [0.25, 0.3) is 11.8 Å². The van der Waals surface area contributed by atoms with E-state index in [0.29, 0.717) is 17.3 Å². The normalized spacial score (nSPS) is 11.2. The van der Waals surface area contributed by atoms with Gasteiger partial charge in [-0.05, 0) is 31.2 Å². The molecule has 4 N–H and O–H groups in total. The van der Waals surface area contributed by atoms with E-state index in [0.717, 1.165) is 0 Å². The van der Waals surface area contributed by atoms with Gasteiger partial charge in [-0.25, -0.2) is 4.98 Å². The average Bonchev–Trinajstić information content (AvgIpc) is 2.55. The number of ether oxygens (including phenoxy) is 1. The standard InChI is InChI=1S/C17H18N4O3/c1-11(18)15(17(23)21-14-8-3-4-9-19-14)16(22)20-12-6-5-7-13(10-12)24-2/h3-10H,18H2,1-2H3,(H,20,22)(H,19,21,23)/b15-11-. The Morgan fingerprint density at radius 1 is 1.08 bits per heavy atom. The molecule has 0 aliphatic rings. The molecule has 0 spiro atoms. The second kappa shape index (κ2) is 7.77. The number of benzene rings is 1. The summed E-state index contributed by atoms with van der Waals surface area (Å²) >= 11 is 0. The van der Waals surface area contributed by atoms with Crippen LogP contribution in [0.2, 0.25) is 0 Å². The van der Waals surface area contributed by atoms with E-state index in [1.807, 2.05) is 0 Å². The van der Waals surface area contributed by atoms with Crippen molar-refractivity contribution in [3.8, 4) is 5.75 Å². The van der Waals surface area contributed by atoms with Crippen LogP contribution in [0, 0.1) is 0 Å². The fourth-order valence-corrected chi connectivity index (χ4v) is 1.97. The van der Waals surface area contributed by atoms with Gasteiger partial charge in [0.15, 0.2) is 0 Å². The number of hydrogen-bond donors (Lipinski definition) is 3. The van der Waals surface area contributed by atoms with E-state index >= 15 is 0 Å². The fraction of sp³-hybridized carbons (Fsp3) is 0.118. The molecule has 2 aromatic rings. The van der Waals surface area contributed by atoms with Gasteiger partial charge in [-0.15, -0.1) is 0 Å². The Balaban J connectivity index is 2.16. The minimum atomic E-state index is -0.630. The van der Waals surface area contributed by atoms with E-state index < -0.39 is 11.8 Å². The lowest BCUT2D eigenvalue weighted by Crippen LogP contribution is -2.28. The highest BCUT2D eigenvalue weighted by molar-refractivity contribution is 6.26. The number of amides is 2. The highest BCUT2D eigenvalue weighted by Crippen LogP contribution is 2.18. The SMILES string of the molecule is COc1cccc(NC(=O)/C(C(=O)Nc2ccccn2)=C(\C)N)c1. The van der Waals surface area contributed by atoms with Crippen LogP contribution in [0.25, 0.3) is 0 Å². The molecule has 0 saturated carbocycles. The lowest BCUT2D eigenvalue weighted by molar-refractivity contribution is -0.118. The molecule has 0 saturated heterocycles. The fourth-order valence-electron chi connectivity index (χ4n) is 1.97. The van der Waals surface area contributed by atoms with Crippen LogP contribution in [-0.4, -0.2) is 23.9 Å². The Morgan fingerprint density at radius 3 is 2.46 bits per heavy atom. The van der Waals surface area contributed by atoms with Crippen molar-refractivity contribution in [2.75, 3.05) is 17.7 Å². The quantitative estimate of drug-likeness (QED) is 0.442. The van der Waals surface area contributed by atoms with Gasteiger partial charge < -0.3 is 21.1 Å². The molecule has 2 rings (SSSR count). The van der Waals surface area contributed by atoms with E-state index in [9.17, 15) is 9.59 Å². The van der Waals surface area contributed by atoms with Gasteiger partial charge in [-0.1, -0.05) is 12.1 Å². The third-order valence-electron chi connectivity index (χ3n) is 3.08. The topological polar surface area (TPSA) is 106 Å². The van der Waals surface area contributed by atoms with Crippen LogP contribution >= 0.6 is 0 Å². The molecule has 2 amide bonds. The number of nitrogens with zero attached hydrogens (tertiary/aromatic N) is 1. The summed E-state index contributed by atoms with van der Waals surface area (Å²) in [6.45, 7) is 1.48. The number of nitrogens with two attached hydrogens (primary N) is 1. The molecule has 7 heteroatoms. The predicted molar refractivity (Wildman–Crippen MR) is 91.4 cm³/mol. The van der Waals surface area contributed by atoms with Crippen LogP contribution in [0.15, 0.2) is 59.9 Å². The van der Waals surface area contributed by atoms with Crippen LogP contribution in [0.4, 0.5) is 11.5 Å². The van der Waals surface area contributed by atoms with Gasteiger partial charge in [0.05, 0.1) is 7.11 Å². The maximum absolute atomic E-state index is 12.4. The van der Waals surface area contributed by atoms with Gasteiger partial charge in [-0.2, -0.15) is 0 Å². The van der Waals surface area contributed by atoms with E-state index in [1.165, 1.54) is 20.2 Å². The molecule has 1 aromatic carbocycles. The summed E-state index contributed by atoms with van der Waals surface area (Å²) in [7, 11) is 1.52. The highest BCUT2D eigenvalue weighted by atomic mass is 16.5. The zero-order chi connectivity index (χ0) is 17.5. The number of carbonyl (C=O) groups excluding carboxylic acids is 2. The molecule has 0 aliphatic carbocycles. The molecule has 1 heterocycles. The lowest BCUT2D eigenvalue weighted by Gasteiger charge is -2.11. The lowest BCUT2D eigenvalue weighted by atomic mass is 10.1. The first-order chi connectivity index (χ1) is 11.5. The van der Waals surface area contributed by atoms with Crippen molar-refractivity contribution in [2.45, 2.75) is 6.92 Å². The first-order valence-corrected chi connectivity index (χ1v) is 7.15. The first-order valence-electron chi connectivity index (χ1n) is 7.15. The minimum Gasteiger partial charge on any atom is -0.497 e. The van der Waals surface area contributed by atoms with Crippen molar-refractivity contribution in [3.63, 3.8) is 0 Å². The number of aromatic nitrogens is 1. The summed E-state index contributed by atoms with van der Waals surface area (Å²) in [4.78, 5) is 28.7. The van der Waals surface area contributed by atoms with E-state index in [4.69, 9.17) is 10.5 Å². The molecular formula is C17H18N4O3. The van der Waals surface area contributed by atoms with E-state index in [1.54, 1.807) is 42.5 Å². The second-order valence-electron chi connectivity index (χ2n) is 4.91. The van der Waals surface area contributed by atoms with Crippen LogP contribution in [0.1, 0.15) is 6.92 Å². The van der Waals surface area contributed by atoms with Crippen molar-refractivity contribution in [3.05, 3.63) is 59.9 Å². The molecule has 0 radical (unpaired) electrons. The molecule has 7 nitrogen and oxygen atoms in total. The molecule has 0 bridgehead atoms. The Labute approximate surface area is 139 Å². The van der Waals surface area contributed by atoms with Crippen LogP contribution in [0.5, 0.6) is 5.75 Å². The smallest absolute Gasteiger partial charge is 0.264 e. The van der Waals surface area contributed by atoms with Crippen molar-refractivity contribution >= 4 is 23.3 Å². The number of anilines is 2. The largest absolute Gasteiger partial charge is 0.497 e. The highest BCUT2D eigenvalue weighted by Gasteiger charge is 2.21. The average molecular weight is 326 g/mol. The molecule has 24 heavy (non-hydrogen) atoms. The van der Waals surface area contributed by atoms with E-state index in [-0.39, 0.29) is 11.3 Å². The van der Waals surface area contributed by atoms with Gasteiger partial charge in [-0.3, -0.25) is 9.59 Å². The maximum atomic E-state index is 12.4. The van der Waals surface area contributed by atoms with E-state index in [2.05, 4.69) is 15.6 Å². The summed E-state index contributed by atoms with van der Waals surface area (Å²) < 4.78 is 5.10. The Bertz CT molecular complexity index is 768. The number of pyridine rings is 1. The van der Waals surface area contributed by atoms with Crippen molar-refractivity contribution in [2.24, 2.45) is 5.73 Å². The summed E-state index contributed by atoms with van der Waals surface area (Å²) in [5.41, 5.74) is 6.13. The van der Waals surface area contributed by atoms with Crippen LogP contribution in [0.3, 0.4) is 0 Å². The first kappa shape index (κ1) is 17.0. The minimum absolute atomic E-state index is 0.101. The number of methoxy groups -OCH3 is 1. The molecular weight excluding hydrogens is 308 g/mol. The third kappa shape index (κ3) is 4.33. The van der Waals surface area contributed by atoms with Crippen molar-refractivity contribution in [1.29, 1.82) is 0 Å². The summed E-state index contributed by atoms with van der Waals surface area (Å²) in [6.07, 6.45) is 1.53. The number of nitrogens with one attached hydrogen (secondary N) is 2. The maximum Gasteiger partial charge on any atom is 0.264 e. The zero-order valence-electron chi connectivity index (χ0n) is 13.4. The van der Waals surface area contributed by atoms with Crippen molar-refractivity contribution in [1.82, 2.24) is 4.98 Å². The predicted octanol–water partition coefficient (Wildman–Crippen LogP) is 1.90. The molecule has 124 valence electrons. The monoisotopic (exact) mass is 326 g/mol. The van der Waals surface area contributed by atoms with Crippen LogP contribution < -0.4 is 21.1 Å². The Hall–Kier alpha value is -3.35. The van der Waals surface area contributed by atoms with Crippen LogP contribution in [-0.2, 0) is 9.59 Å². The number of carbonyl (C=O) groups is 2. The molecule has 0 atom stereocenters. The van der Waals surface area contributed by atoms with Crippen molar-refractivity contribution < 1.29 is 14.3 Å². The Kier molecular flexibility index (Phi) is 5.51. The van der Waals surface area contributed by atoms with Gasteiger partial charge >= 0.3 is 0 Å². The van der Waals surface area contributed by atoms with Gasteiger partial charge in [0.1, 0.15) is 17.1 Å². The third-order valence-corrected chi connectivity index (χ3v) is 3.08. The number of allylic oxidation sites excluding steroid dienone is 1. The molecule has 1 aromatic heterocycles. The summed E-state index contributed by atoms with van der Waals surface area (Å²) in [5.74, 6) is -0.332. The zero-order valence-corrected chi connectivity index (χ0v) is 13.4.